The second-order valence-corrected chi connectivity index (χ2v) is 5.25. The molecule has 0 saturated heterocycles. The topological polar surface area (TPSA) is 179 Å². The Labute approximate surface area is 159 Å². The number of aliphatic hydroxyl groups excluding tert-OH is 2. The third kappa shape index (κ3) is 9.30. The van der Waals surface area contributed by atoms with E-state index in [1.807, 2.05) is 0 Å². The van der Waals surface area contributed by atoms with Crippen LogP contribution < -0.4 is 0 Å². The summed E-state index contributed by atoms with van der Waals surface area (Å²) < 4.78 is 35.0. The molecule has 10 nitrogen and oxygen atoms in total. The molecule has 1 aromatic rings. The molecule has 0 heterocycles. The van der Waals surface area contributed by atoms with E-state index in [4.69, 9.17) is 25.0 Å². The predicted octanol–water partition coefficient (Wildman–Crippen LogP) is -1.33. The summed E-state index contributed by atoms with van der Waals surface area (Å²) in [5, 5.41) is 33.4. The van der Waals surface area contributed by atoms with E-state index < -0.39 is 38.1 Å². The van der Waals surface area contributed by atoms with Gasteiger partial charge in [0.25, 0.3) is 10.1 Å². The number of ether oxygens (including phenoxy) is 1. The Kier molecular flexibility index (Phi) is 12.9. The maximum absolute atomic E-state index is 10.8. The van der Waals surface area contributed by atoms with Crippen molar-refractivity contribution in [3.05, 3.63) is 29.3 Å². The molecule has 0 unspecified atom stereocenters. The van der Waals surface area contributed by atoms with Crippen LogP contribution in [0.25, 0.3) is 0 Å². The summed E-state index contributed by atoms with van der Waals surface area (Å²) in [6.07, 6.45) is 0. The van der Waals surface area contributed by atoms with Crippen LogP contribution in [-0.2, 0) is 14.9 Å². The van der Waals surface area contributed by atoms with Crippen molar-refractivity contribution in [3.8, 4) is 0 Å². The van der Waals surface area contributed by atoms with E-state index >= 15 is 0 Å². The molecule has 0 aliphatic carbocycles. The molecule has 0 saturated carbocycles. The van der Waals surface area contributed by atoms with E-state index in [0.717, 1.165) is 12.1 Å². The van der Waals surface area contributed by atoms with Crippen LogP contribution in [0.5, 0.6) is 0 Å². The minimum absolute atomic E-state index is 0. The van der Waals surface area contributed by atoms with Gasteiger partial charge in [0.05, 0.1) is 37.6 Å². The van der Waals surface area contributed by atoms with Gasteiger partial charge in [0, 0.05) is 0 Å². The Morgan fingerprint density at radius 1 is 1.00 bits per heavy atom. The van der Waals surface area contributed by atoms with Gasteiger partial charge < -0.3 is 25.2 Å². The number of benzene rings is 1. The number of carboxylic acids is 2. The van der Waals surface area contributed by atoms with Gasteiger partial charge in [-0.25, -0.2) is 9.59 Å². The van der Waals surface area contributed by atoms with Gasteiger partial charge in [0.1, 0.15) is 4.90 Å². The van der Waals surface area contributed by atoms with Crippen LogP contribution in [0.3, 0.4) is 0 Å². The number of hydrogen-bond acceptors (Lipinski definition) is 7. The molecule has 0 bridgehead atoms. The first-order valence-corrected chi connectivity index (χ1v) is 7.46. The van der Waals surface area contributed by atoms with Crippen molar-refractivity contribution in [2.75, 3.05) is 26.4 Å². The number of rotatable bonds is 7. The fourth-order valence-corrected chi connectivity index (χ4v) is 1.99. The van der Waals surface area contributed by atoms with Crippen LogP contribution in [0.4, 0.5) is 0 Å². The van der Waals surface area contributed by atoms with Crippen LogP contribution in [-0.4, -0.2) is 101 Å². The average Bonchev–Trinajstić information content (AvgIpc) is 2.46. The fourth-order valence-electron chi connectivity index (χ4n) is 1.28. The van der Waals surface area contributed by atoms with Gasteiger partial charge in [-0.05, 0) is 18.2 Å². The summed E-state index contributed by atoms with van der Waals surface area (Å²) in [4.78, 5) is 20.2. The van der Waals surface area contributed by atoms with Gasteiger partial charge in [0.15, 0.2) is 0 Å². The molecule has 132 valence electrons. The first-order valence-electron chi connectivity index (χ1n) is 6.02. The maximum atomic E-state index is 10.8. The van der Waals surface area contributed by atoms with Crippen LogP contribution in [0.15, 0.2) is 23.1 Å². The van der Waals surface area contributed by atoms with Gasteiger partial charge in [-0.2, -0.15) is 8.42 Å². The molecule has 1 rings (SSSR count). The first kappa shape index (κ1) is 25.2. The summed E-state index contributed by atoms with van der Waals surface area (Å²) >= 11 is 0. The summed E-state index contributed by atoms with van der Waals surface area (Å²) in [7, 11) is -4.78. The number of hydrogen-bond donors (Lipinski definition) is 5. The van der Waals surface area contributed by atoms with Crippen molar-refractivity contribution in [1.82, 2.24) is 0 Å². The molecule has 1 aromatic carbocycles. The molecule has 0 atom stereocenters. The summed E-state index contributed by atoms with van der Waals surface area (Å²) in [5.41, 5.74) is -1.12. The Morgan fingerprint density at radius 3 is 1.83 bits per heavy atom. The van der Waals surface area contributed by atoms with Crippen molar-refractivity contribution < 1.29 is 47.7 Å². The number of carbonyl (C=O) groups is 2. The van der Waals surface area contributed by atoms with E-state index in [1.54, 1.807) is 0 Å². The van der Waals surface area contributed by atoms with Gasteiger partial charge in [-0.1, -0.05) is 0 Å². The number of aromatic carboxylic acids is 2. The quantitative estimate of drug-likeness (QED) is 0.217. The summed E-state index contributed by atoms with van der Waals surface area (Å²) in [6.45, 7) is 0.696. The SMILES string of the molecule is O=C(O)c1ccc(C(=O)O)c(S(=O)(=O)O)c1.OCCOCCO.[NaH]. The molecule has 0 fully saturated rings. The number of aliphatic hydroxyl groups is 2. The Hall–Kier alpha value is -1.05. The summed E-state index contributed by atoms with van der Waals surface area (Å²) in [6, 6.07) is 2.32. The van der Waals surface area contributed by atoms with Gasteiger partial charge in [-0.15, -0.1) is 0 Å². The molecule has 0 aliphatic rings. The van der Waals surface area contributed by atoms with Crippen molar-refractivity contribution in [2.45, 2.75) is 4.90 Å². The molecule has 0 radical (unpaired) electrons. The first-order chi connectivity index (χ1) is 10.6. The normalized spacial score (nSPS) is 10.1. The van der Waals surface area contributed by atoms with Gasteiger partial charge >= 0.3 is 41.5 Å². The predicted molar refractivity (Wildman–Crippen MR) is 82.3 cm³/mol. The van der Waals surface area contributed by atoms with Crippen molar-refractivity contribution in [2.24, 2.45) is 0 Å². The second-order valence-electron chi connectivity index (χ2n) is 3.86. The standard InChI is InChI=1S/C8H6O7S.C4H10O3.Na.H/c9-7(10)4-1-2-5(8(11)12)6(3-4)16(13,14)15;5-1-3-7-4-2-6;;/h1-3H,(H,9,10)(H,11,12)(H,13,14,15);5-6H,1-4H2;;. The van der Waals surface area contributed by atoms with Crippen LogP contribution >= 0.6 is 0 Å². The monoisotopic (exact) mass is 376 g/mol. The van der Waals surface area contributed by atoms with Crippen LogP contribution in [0.2, 0.25) is 0 Å². The average molecular weight is 376 g/mol. The Balaban J connectivity index is 0. The van der Waals surface area contributed by atoms with E-state index in [0.29, 0.717) is 19.3 Å². The fraction of sp³-hybridized carbons (Fsp3) is 0.333. The zero-order valence-electron chi connectivity index (χ0n) is 11.7. The van der Waals surface area contributed by atoms with Crippen molar-refractivity contribution >= 4 is 51.6 Å². The molecule has 5 N–H and O–H groups in total. The molecule has 24 heavy (non-hydrogen) atoms. The summed E-state index contributed by atoms with van der Waals surface area (Å²) in [5.74, 6) is -3.01. The Morgan fingerprint density at radius 2 is 1.50 bits per heavy atom. The Bertz CT molecular complexity index is 639. The number of carboxylic acid groups (broad SMARTS) is 2. The third-order valence-corrected chi connectivity index (χ3v) is 3.10. The minimum atomic E-state index is -4.78. The molecular weight excluding hydrogens is 359 g/mol. The van der Waals surface area contributed by atoms with Crippen LogP contribution in [0, 0.1) is 0 Å². The molecule has 0 aliphatic heterocycles. The van der Waals surface area contributed by atoms with E-state index in [-0.39, 0.29) is 42.8 Å². The van der Waals surface area contributed by atoms with Gasteiger partial charge in [-0.3, -0.25) is 4.55 Å². The molecule has 0 spiro atoms. The van der Waals surface area contributed by atoms with E-state index in [9.17, 15) is 18.0 Å². The zero-order valence-corrected chi connectivity index (χ0v) is 12.6. The van der Waals surface area contributed by atoms with Crippen molar-refractivity contribution in [3.63, 3.8) is 0 Å². The van der Waals surface area contributed by atoms with Crippen molar-refractivity contribution in [1.29, 1.82) is 0 Å². The molecule has 0 aromatic heterocycles. The van der Waals surface area contributed by atoms with Crippen LogP contribution in [0.1, 0.15) is 20.7 Å². The van der Waals surface area contributed by atoms with Gasteiger partial charge in [0.2, 0.25) is 0 Å². The molecule has 0 amide bonds. The van der Waals surface area contributed by atoms with E-state index in [1.165, 1.54) is 0 Å². The molecular formula is C12H17NaO10S. The van der Waals surface area contributed by atoms with E-state index in [2.05, 4.69) is 4.74 Å². The third-order valence-electron chi connectivity index (χ3n) is 2.21. The zero-order chi connectivity index (χ0) is 18.0. The second kappa shape index (κ2) is 12.3. The molecule has 12 heteroatoms.